The first-order valence-corrected chi connectivity index (χ1v) is 10.7. The third-order valence-corrected chi connectivity index (χ3v) is 5.47. The third-order valence-electron chi connectivity index (χ3n) is 5.47. The van der Waals surface area contributed by atoms with E-state index in [0.29, 0.717) is 37.6 Å². The summed E-state index contributed by atoms with van der Waals surface area (Å²) in [5.41, 5.74) is 1.81. The molecule has 0 aliphatic rings. The number of hydrogen-bond donors (Lipinski definition) is 1. The Labute approximate surface area is 192 Å². The number of methoxy groups -OCH3 is 2. The number of benzene rings is 1. The van der Waals surface area contributed by atoms with Gasteiger partial charge in [-0.3, -0.25) is 14.2 Å². The van der Waals surface area contributed by atoms with E-state index in [1.54, 1.807) is 32.2 Å². The van der Waals surface area contributed by atoms with Crippen LogP contribution in [0.25, 0.3) is 0 Å². The Hall–Kier alpha value is -3.82. The zero-order chi connectivity index (χ0) is 24.0. The third kappa shape index (κ3) is 5.51. The van der Waals surface area contributed by atoms with Gasteiger partial charge in [-0.1, -0.05) is 6.07 Å². The van der Waals surface area contributed by atoms with Crippen molar-refractivity contribution in [1.82, 2.24) is 24.5 Å². The molecule has 1 N–H and O–H groups in total. The largest absolute Gasteiger partial charge is 0.493 e. The highest BCUT2D eigenvalue weighted by atomic mass is 16.5. The van der Waals surface area contributed by atoms with E-state index < -0.39 is 12.0 Å². The van der Waals surface area contributed by atoms with Crippen molar-refractivity contribution in [3.8, 4) is 11.5 Å². The molecule has 0 radical (unpaired) electrons. The predicted octanol–water partition coefficient (Wildman–Crippen LogP) is 2.65. The standard InChI is InChI=1S/C23H29N5O5/c1-5-27-18(8-11-24-27)15-26(12-9-17-6-7-20(32-3)21(14-17)33-4)22(29)16(2)28-13-10-19(25-28)23(30)31/h6-8,10-11,13-14,16H,5,9,12,15H2,1-4H3,(H,30,31). The number of hydrogen-bond acceptors (Lipinski definition) is 6. The van der Waals surface area contributed by atoms with Crippen molar-refractivity contribution in [2.75, 3.05) is 20.8 Å². The Morgan fingerprint density at radius 2 is 1.91 bits per heavy atom. The molecule has 0 aliphatic carbocycles. The highest BCUT2D eigenvalue weighted by molar-refractivity contribution is 5.85. The number of carboxylic acid groups (broad SMARTS) is 1. The van der Waals surface area contributed by atoms with E-state index in [2.05, 4.69) is 10.2 Å². The van der Waals surface area contributed by atoms with Crippen LogP contribution in [-0.4, -0.2) is 62.2 Å². The van der Waals surface area contributed by atoms with Crippen molar-refractivity contribution in [1.29, 1.82) is 0 Å². The molecule has 176 valence electrons. The Kier molecular flexibility index (Phi) is 7.70. The summed E-state index contributed by atoms with van der Waals surface area (Å²) < 4.78 is 13.9. The summed E-state index contributed by atoms with van der Waals surface area (Å²) in [6.45, 7) is 5.21. The van der Waals surface area contributed by atoms with E-state index in [0.717, 1.165) is 11.3 Å². The molecule has 0 fully saturated rings. The molecule has 2 heterocycles. The fourth-order valence-corrected chi connectivity index (χ4v) is 3.59. The van der Waals surface area contributed by atoms with Gasteiger partial charge in [0, 0.05) is 25.5 Å². The van der Waals surface area contributed by atoms with Gasteiger partial charge in [-0.2, -0.15) is 10.2 Å². The fraction of sp³-hybridized carbons (Fsp3) is 0.391. The highest BCUT2D eigenvalue weighted by Crippen LogP contribution is 2.28. The molecule has 0 saturated heterocycles. The first kappa shape index (κ1) is 23.8. The lowest BCUT2D eigenvalue weighted by molar-refractivity contribution is -0.135. The number of carbonyl (C=O) groups is 2. The van der Waals surface area contributed by atoms with Gasteiger partial charge in [-0.25, -0.2) is 4.79 Å². The minimum Gasteiger partial charge on any atom is -0.493 e. The quantitative estimate of drug-likeness (QED) is 0.473. The lowest BCUT2D eigenvalue weighted by Crippen LogP contribution is -2.38. The molecule has 0 bridgehead atoms. The van der Waals surface area contributed by atoms with Crippen molar-refractivity contribution in [2.45, 2.75) is 39.4 Å². The Morgan fingerprint density at radius 1 is 1.15 bits per heavy atom. The van der Waals surface area contributed by atoms with E-state index in [4.69, 9.17) is 14.6 Å². The van der Waals surface area contributed by atoms with Gasteiger partial charge in [0.1, 0.15) is 6.04 Å². The van der Waals surface area contributed by atoms with Crippen LogP contribution in [0.2, 0.25) is 0 Å². The summed E-state index contributed by atoms with van der Waals surface area (Å²) in [4.78, 5) is 26.4. The number of aromatic nitrogens is 4. The number of aryl methyl sites for hydroxylation is 1. The summed E-state index contributed by atoms with van der Waals surface area (Å²) in [5.74, 6) is -0.0319. The Bertz CT molecular complexity index is 1110. The number of carboxylic acids is 1. The number of ether oxygens (including phenoxy) is 2. The predicted molar refractivity (Wildman–Crippen MR) is 120 cm³/mol. The lowest BCUT2D eigenvalue weighted by atomic mass is 10.1. The smallest absolute Gasteiger partial charge is 0.356 e. The van der Waals surface area contributed by atoms with E-state index in [9.17, 15) is 9.59 Å². The van der Waals surface area contributed by atoms with E-state index in [1.165, 1.54) is 16.9 Å². The van der Waals surface area contributed by atoms with Crippen LogP contribution in [-0.2, 0) is 24.3 Å². The maximum absolute atomic E-state index is 13.4. The maximum atomic E-state index is 13.4. The SMILES string of the molecule is CCn1nccc1CN(CCc1ccc(OC)c(OC)c1)C(=O)C(C)n1ccc(C(=O)O)n1. The zero-order valence-corrected chi connectivity index (χ0v) is 19.3. The molecule has 10 nitrogen and oxygen atoms in total. The molecule has 1 amide bonds. The second kappa shape index (κ2) is 10.7. The molecule has 1 unspecified atom stereocenters. The van der Waals surface area contributed by atoms with Gasteiger partial charge in [0.15, 0.2) is 17.2 Å². The van der Waals surface area contributed by atoms with Crippen LogP contribution in [0.1, 0.15) is 41.6 Å². The number of carbonyl (C=O) groups excluding carboxylic acids is 1. The molecule has 3 rings (SSSR count). The average molecular weight is 456 g/mol. The number of rotatable bonds is 11. The maximum Gasteiger partial charge on any atom is 0.356 e. The van der Waals surface area contributed by atoms with Crippen LogP contribution in [0.4, 0.5) is 0 Å². The summed E-state index contributed by atoms with van der Waals surface area (Å²) in [5, 5.41) is 17.5. The number of aromatic carboxylic acids is 1. The number of amides is 1. The second-order valence-corrected chi connectivity index (χ2v) is 7.50. The molecule has 0 aliphatic heterocycles. The molecule has 3 aromatic rings. The van der Waals surface area contributed by atoms with Crippen LogP contribution in [0.5, 0.6) is 11.5 Å². The molecule has 10 heteroatoms. The van der Waals surface area contributed by atoms with Gasteiger partial charge in [0.2, 0.25) is 5.91 Å². The second-order valence-electron chi connectivity index (χ2n) is 7.50. The highest BCUT2D eigenvalue weighted by Gasteiger charge is 2.24. The molecule has 0 spiro atoms. The average Bonchev–Trinajstić information content (AvgIpc) is 3.50. The molecule has 2 aromatic heterocycles. The molecule has 1 atom stereocenters. The normalized spacial score (nSPS) is 11.8. The van der Waals surface area contributed by atoms with Crippen LogP contribution in [0.15, 0.2) is 42.7 Å². The van der Waals surface area contributed by atoms with Gasteiger partial charge in [0.25, 0.3) is 0 Å². The first-order valence-electron chi connectivity index (χ1n) is 10.7. The Balaban J connectivity index is 1.82. The van der Waals surface area contributed by atoms with Crippen LogP contribution in [0.3, 0.4) is 0 Å². The van der Waals surface area contributed by atoms with Gasteiger partial charge in [0.05, 0.1) is 26.5 Å². The fourth-order valence-electron chi connectivity index (χ4n) is 3.59. The van der Waals surface area contributed by atoms with Gasteiger partial charge in [-0.15, -0.1) is 0 Å². The van der Waals surface area contributed by atoms with E-state index in [1.807, 2.05) is 35.9 Å². The summed E-state index contributed by atoms with van der Waals surface area (Å²) in [7, 11) is 3.17. The molecule has 0 saturated carbocycles. The molecular formula is C23H29N5O5. The van der Waals surface area contributed by atoms with Gasteiger partial charge in [-0.05, 0) is 50.1 Å². The Morgan fingerprint density at radius 3 is 2.55 bits per heavy atom. The van der Waals surface area contributed by atoms with E-state index >= 15 is 0 Å². The van der Waals surface area contributed by atoms with E-state index in [-0.39, 0.29) is 11.6 Å². The molecule has 33 heavy (non-hydrogen) atoms. The minimum atomic E-state index is -1.13. The van der Waals surface area contributed by atoms with Crippen molar-refractivity contribution in [3.63, 3.8) is 0 Å². The summed E-state index contributed by atoms with van der Waals surface area (Å²) in [6.07, 6.45) is 3.82. The van der Waals surface area contributed by atoms with Gasteiger partial charge < -0.3 is 19.5 Å². The monoisotopic (exact) mass is 455 g/mol. The van der Waals surface area contributed by atoms with Crippen molar-refractivity contribution < 1.29 is 24.2 Å². The zero-order valence-electron chi connectivity index (χ0n) is 19.3. The van der Waals surface area contributed by atoms with Crippen molar-refractivity contribution in [3.05, 3.63) is 59.7 Å². The van der Waals surface area contributed by atoms with Crippen LogP contribution in [0, 0.1) is 0 Å². The molecular weight excluding hydrogens is 426 g/mol. The van der Waals surface area contributed by atoms with Crippen molar-refractivity contribution >= 4 is 11.9 Å². The summed E-state index contributed by atoms with van der Waals surface area (Å²) >= 11 is 0. The summed E-state index contributed by atoms with van der Waals surface area (Å²) in [6, 6.07) is 8.28. The lowest BCUT2D eigenvalue weighted by Gasteiger charge is -2.26. The van der Waals surface area contributed by atoms with Crippen LogP contribution >= 0.6 is 0 Å². The van der Waals surface area contributed by atoms with Gasteiger partial charge >= 0.3 is 5.97 Å². The van der Waals surface area contributed by atoms with Crippen LogP contribution < -0.4 is 9.47 Å². The number of nitrogens with zero attached hydrogens (tertiary/aromatic N) is 5. The molecule has 1 aromatic carbocycles. The minimum absolute atomic E-state index is 0.101. The first-order chi connectivity index (χ1) is 15.9. The topological polar surface area (TPSA) is 112 Å². The van der Waals surface area contributed by atoms with Crippen molar-refractivity contribution in [2.24, 2.45) is 0 Å².